The van der Waals surface area contributed by atoms with Crippen molar-refractivity contribution >= 4 is 29.4 Å². The number of nitrogens with zero attached hydrogens (tertiary/aromatic N) is 3. The summed E-state index contributed by atoms with van der Waals surface area (Å²) in [6, 6.07) is 10.8. The molecule has 1 aromatic carbocycles. The first-order valence-electron chi connectivity index (χ1n) is 10.1. The number of carbonyl (C=O) groups excluding carboxylic acids is 3. The third-order valence-corrected chi connectivity index (χ3v) is 4.68. The van der Waals surface area contributed by atoms with E-state index in [9.17, 15) is 19.5 Å². The first-order valence-corrected chi connectivity index (χ1v) is 10.1. The normalized spacial score (nSPS) is 15.8. The van der Waals surface area contributed by atoms with Crippen molar-refractivity contribution in [2.45, 2.75) is 25.9 Å². The predicted octanol–water partition coefficient (Wildman–Crippen LogP) is 0.613. The van der Waals surface area contributed by atoms with Gasteiger partial charge in [-0.15, -0.1) is 0 Å². The van der Waals surface area contributed by atoms with Gasteiger partial charge in [-0.1, -0.05) is 30.3 Å². The number of rotatable bonds is 6. The molecule has 2 aromatic rings. The highest BCUT2D eigenvalue weighted by molar-refractivity contribution is 6.39. The predicted molar refractivity (Wildman–Crippen MR) is 115 cm³/mol. The van der Waals surface area contributed by atoms with E-state index in [2.05, 4.69) is 25.9 Å². The summed E-state index contributed by atoms with van der Waals surface area (Å²) in [4.78, 5) is 46.2. The molecule has 31 heavy (non-hydrogen) atoms. The second kappa shape index (κ2) is 10.5. The third-order valence-electron chi connectivity index (χ3n) is 4.68. The minimum atomic E-state index is -0.823. The molecule has 1 aliphatic heterocycles. The molecule has 2 heterocycles. The number of nitrogens with one attached hydrogen (secondary N) is 3. The average Bonchev–Trinajstić information content (AvgIpc) is 2.76. The lowest BCUT2D eigenvalue weighted by Crippen LogP contribution is -2.46. The first-order chi connectivity index (χ1) is 14.9. The summed E-state index contributed by atoms with van der Waals surface area (Å²) in [6.45, 7) is 2.82. The smallest absolute Gasteiger partial charge is 0.315 e. The Morgan fingerprint density at radius 2 is 1.87 bits per heavy atom. The Labute approximate surface area is 180 Å². The van der Waals surface area contributed by atoms with E-state index in [-0.39, 0.29) is 18.3 Å². The Morgan fingerprint density at radius 1 is 1.13 bits per heavy atom. The van der Waals surface area contributed by atoms with E-state index in [0.29, 0.717) is 44.1 Å². The van der Waals surface area contributed by atoms with Crippen LogP contribution in [-0.2, 0) is 14.4 Å². The van der Waals surface area contributed by atoms with Crippen LogP contribution in [0.1, 0.15) is 19.8 Å². The number of benzene rings is 1. The molecular formula is C21H26N6O4. The van der Waals surface area contributed by atoms with E-state index in [1.807, 2.05) is 30.3 Å². The van der Waals surface area contributed by atoms with Crippen molar-refractivity contribution in [1.82, 2.24) is 20.2 Å². The number of β-amino-alcohol motifs (C(OH)–C–C–N with tert-alkyl or cyclic N) is 1. The molecule has 10 heteroatoms. The minimum absolute atomic E-state index is 0.135. The Bertz CT molecular complexity index is 937. The number of hydrogen-bond acceptors (Lipinski definition) is 7. The van der Waals surface area contributed by atoms with E-state index in [1.165, 1.54) is 17.9 Å². The molecule has 0 bridgehead atoms. The molecular weight excluding hydrogens is 400 g/mol. The summed E-state index contributed by atoms with van der Waals surface area (Å²) in [7, 11) is 0. The number of aliphatic hydroxyl groups excluding tert-OH is 1. The highest BCUT2D eigenvalue weighted by Crippen LogP contribution is 2.20. The maximum atomic E-state index is 12.5. The summed E-state index contributed by atoms with van der Waals surface area (Å²) in [5, 5.41) is 18.1. The summed E-state index contributed by atoms with van der Waals surface area (Å²) in [6.07, 6.45) is 0.646. The van der Waals surface area contributed by atoms with Crippen LogP contribution in [0.15, 0.2) is 36.4 Å². The lowest BCUT2D eigenvalue weighted by atomic mass is 10.1. The Hall–Kier alpha value is -3.53. The third kappa shape index (κ3) is 6.48. The zero-order chi connectivity index (χ0) is 22.2. The topological polar surface area (TPSA) is 137 Å². The Morgan fingerprint density at radius 3 is 2.58 bits per heavy atom. The highest BCUT2D eigenvalue weighted by atomic mass is 16.3. The van der Waals surface area contributed by atoms with Crippen molar-refractivity contribution in [1.29, 1.82) is 0 Å². The van der Waals surface area contributed by atoms with Gasteiger partial charge in [0.2, 0.25) is 5.91 Å². The van der Waals surface area contributed by atoms with Gasteiger partial charge in [-0.3, -0.25) is 14.4 Å². The van der Waals surface area contributed by atoms with Crippen LogP contribution in [-0.4, -0.2) is 70.0 Å². The maximum absolute atomic E-state index is 12.5. The summed E-state index contributed by atoms with van der Waals surface area (Å²) in [5.74, 6) is -0.679. The monoisotopic (exact) mass is 426 g/mol. The molecule has 0 aliphatic carbocycles. The van der Waals surface area contributed by atoms with E-state index in [0.717, 1.165) is 5.56 Å². The number of likely N-dealkylation sites (tertiary alicyclic amines) is 1. The van der Waals surface area contributed by atoms with Crippen LogP contribution in [0.25, 0.3) is 11.4 Å². The van der Waals surface area contributed by atoms with Crippen molar-refractivity contribution in [2.24, 2.45) is 0 Å². The van der Waals surface area contributed by atoms with Crippen molar-refractivity contribution in [3.05, 3.63) is 36.4 Å². The van der Waals surface area contributed by atoms with E-state index >= 15 is 0 Å². The fourth-order valence-electron chi connectivity index (χ4n) is 3.20. The lowest BCUT2D eigenvalue weighted by Gasteiger charge is -2.29. The molecule has 0 spiro atoms. The van der Waals surface area contributed by atoms with Gasteiger partial charge in [0.1, 0.15) is 11.6 Å². The molecule has 1 aliphatic rings. The van der Waals surface area contributed by atoms with Gasteiger partial charge in [0.05, 0.1) is 6.10 Å². The summed E-state index contributed by atoms with van der Waals surface area (Å²) < 4.78 is 0. The molecule has 1 aromatic heterocycles. The molecule has 1 fully saturated rings. The van der Waals surface area contributed by atoms with Gasteiger partial charge >= 0.3 is 11.8 Å². The highest BCUT2D eigenvalue weighted by Gasteiger charge is 2.27. The van der Waals surface area contributed by atoms with Crippen LogP contribution < -0.4 is 16.0 Å². The number of piperidine rings is 1. The van der Waals surface area contributed by atoms with Gasteiger partial charge in [-0.2, -0.15) is 0 Å². The van der Waals surface area contributed by atoms with Crippen molar-refractivity contribution in [2.75, 3.05) is 36.8 Å². The molecule has 10 nitrogen and oxygen atoms in total. The zero-order valence-corrected chi connectivity index (χ0v) is 17.3. The molecule has 3 amide bonds. The molecule has 1 unspecified atom stereocenters. The summed E-state index contributed by atoms with van der Waals surface area (Å²) in [5.41, 5.74) is 0.744. The van der Waals surface area contributed by atoms with Crippen LogP contribution >= 0.6 is 0 Å². The van der Waals surface area contributed by atoms with Gasteiger partial charge in [0, 0.05) is 44.7 Å². The lowest BCUT2D eigenvalue weighted by molar-refractivity contribution is -0.145. The fraction of sp³-hybridized carbons (Fsp3) is 0.381. The quantitative estimate of drug-likeness (QED) is 0.392. The molecule has 0 saturated carbocycles. The fourth-order valence-corrected chi connectivity index (χ4v) is 3.20. The second-order valence-corrected chi connectivity index (χ2v) is 7.24. The molecule has 0 radical (unpaired) electrons. The standard InChI is InChI=1S/C21H26N6O4/c1-14(28)22-9-10-23-17-12-18(25-19(24-17)15-6-3-2-4-7-15)26-20(30)21(31)27-11-5-8-16(29)13-27/h2-4,6-7,12,16,29H,5,8-11,13H2,1H3,(H,22,28)(H2,23,24,25,26,30). The number of amides is 3. The molecule has 1 atom stereocenters. The van der Waals surface area contributed by atoms with Crippen LogP contribution in [0.5, 0.6) is 0 Å². The van der Waals surface area contributed by atoms with Gasteiger partial charge in [-0.25, -0.2) is 9.97 Å². The van der Waals surface area contributed by atoms with Crippen LogP contribution in [0, 0.1) is 0 Å². The Kier molecular flexibility index (Phi) is 7.50. The SMILES string of the molecule is CC(=O)NCCNc1cc(NC(=O)C(=O)N2CCCC(O)C2)nc(-c2ccccc2)n1. The van der Waals surface area contributed by atoms with E-state index < -0.39 is 17.9 Å². The first kappa shape index (κ1) is 22.2. The molecule has 3 rings (SSSR count). The van der Waals surface area contributed by atoms with Crippen molar-refractivity contribution in [3.63, 3.8) is 0 Å². The largest absolute Gasteiger partial charge is 0.391 e. The maximum Gasteiger partial charge on any atom is 0.315 e. The van der Waals surface area contributed by atoms with Gasteiger partial charge in [0.25, 0.3) is 0 Å². The van der Waals surface area contributed by atoms with Crippen LogP contribution in [0.3, 0.4) is 0 Å². The zero-order valence-electron chi connectivity index (χ0n) is 17.3. The molecule has 4 N–H and O–H groups in total. The van der Waals surface area contributed by atoms with Gasteiger partial charge in [0.15, 0.2) is 5.82 Å². The van der Waals surface area contributed by atoms with Gasteiger partial charge < -0.3 is 26.0 Å². The number of aromatic nitrogens is 2. The van der Waals surface area contributed by atoms with Crippen LogP contribution in [0.2, 0.25) is 0 Å². The van der Waals surface area contributed by atoms with E-state index in [4.69, 9.17) is 0 Å². The number of anilines is 2. The minimum Gasteiger partial charge on any atom is -0.391 e. The van der Waals surface area contributed by atoms with Gasteiger partial charge in [-0.05, 0) is 12.8 Å². The van der Waals surface area contributed by atoms with E-state index in [1.54, 1.807) is 0 Å². The number of aliphatic hydroxyl groups is 1. The van der Waals surface area contributed by atoms with Crippen LogP contribution in [0.4, 0.5) is 11.6 Å². The van der Waals surface area contributed by atoms with Crippen molar-refractivity contribution < 1.29 is 19.5 Å². The molecule has 164 valence electrons. The average molecular weight is 426 g/mol. The molecule has 1 saturated heterocycles. The Balaban J connectivity index is 1.75. The number of hydrogen-bond donors (Lipinski definition) is 4. The summed E-state index contributed by atoms with van der Waals surface area (Å²) >= 11 is 0. The number of carbonyl (C=O) groups is 3. The second-order valence-electron chi connectivity index (χ2n) is 7.24. The van der Waals surface area contributed by atoms with Crippen molar-refractivity contribution in [3.8, 4) is 11.4 Å².